The highest BCUT2D eigenvalue weighted by Crippen LogP contribution is 2.12. The highest BCUT2D eigenvalue weighted by Gasteiger charge is 2.11. The maximum Gasteiger partial charge on any atom is 0.399 e. The summed E-state index contributed by atoms with van der Waals surface area (Å²) in [6.07, 6.45) is 43.9. The second kappa shape index (κ2) is 33.8. The molecule has 0 bridgehead atoms. The normalized spacial score (nSPS) is 12.3. The summed E-state index contributed by atoms with van der Waals surface area (Å²) in [5.41, 5.74) is 0. The zero-order chi connectivity index (χ0) is 30.0. The van der Waals surface area contributed by atoms with Gasteiger partial charge in [0, 0.05) is 0 Å². The van der Waals surface area contributed by atoms with E-state index in [9.17, 15) is 8.42 Å². The number of unbranched alkanes of at least 4 members (excludes halogenated alkanes) is 24. The van der Waals surface area contributed by atoms with E-state index >= 15 is 0 Å². The molecule has 41 heavy (non-hydrogen) atoms. The predicted octanol–water partition coefficient (Wildman–Crippen LogP) is 12.3. The van der Waals surface area contributed by atoms with Gasteiger partial charge in [0.15, 0.2) is 0 Å². The average Bonchev–Trinajstić information content (AvgIpc) is 2.96. The molecular formula is C36H70O4S. The summed E-state index contributed by atoms with van der Waals surface area (Å²) in [7, 11) is -3.84. The van der Waals surface area contributed by atoms with Crippen molar-refractivity contribution in [3.63, 3.8) is 0 Å². The van der Waals surface area contributed by atoms with Crippen LogP contribution in [0, 0.1) is 0 Å². The average molecular weight is 599 g/mol. The van der Waals surface area contributed by atoms with Crippen LogP contribution >= 0.6 is 0 Å². The second-order valence-corrected chi connectivity index (χ2v) is 13.2. The van der Waals surface area contributed by atoms with Crippen LogP contribution in [0.3, 0.4) is 0 Å². The maximum absolute atomic E-state index is 11.9. The predicted molar refractivity (Wildman–Crippen MR) is 180 cm³/mol. The van der Waals surface area contributed by atoms with E-state index in [1.807, 2.05) is 0 Å². The van der Waals surface area contributed by atoms with Crippen LogP contribution in [0.4, 0.5) is 0 Å². The minimum absolute atomic E-state index is 0.233. The molecule has 0 aromatic heterocycles. The molecule has 0 aliphatic carbocycles. The summed E-state index contributed by atoms with van der Waals surface area (Å²) in [6, 6.07) is 0. The second-order valence-electron chi connectivity index (χ2n) is 11.9. The Morgan fingerprint density at radius 1 is 0.366 bits per heavy atom. The van der Waals surface area contributed by atoms with Crippen molar-refractivity contribution in [2.75, 3.05) is 13.2 Å². The van der Waals surface area contributed by atoms with Gasteiger partial charge in [0.25, 0.3) is 0 Å². The van der Waals surface area contributed by atoms with E-state index in [1.54, 1.807) is 0 Å². The number of rotatable bonds is 34. The molecule has 0 atom stereocenters. The monoisotopic (exact) mass is 598 g/mol. The van der Waals surface area contributed by atoms with Gasteiger partial charge < -0.3 is 0 Å². The summed E-state index contributed by atoms with van der Waals surface area (Å²) in [5, 5.41) is 0. The minimum Gasteiger partial charge on any atom is -0.248 e. The van der Waals surface area contributed by atoms with E-state index in [0.29, 0.717) is 0 Å². The zero-order valence-corrected chi connectivity index (χ0v) is 28.4. The Kier molecular flexibility index (Phi) is 33.3. The summed E-state index contributed by atoms with van der Waals surface area (Å²) in [5.74, 6) is 0. The Morgan fingerprint density at radius 3 is 0.902 bits per heavy atom. The van der Waals surface area contributed by atoms with Crippen LogP contribution < -0.4 is 0 Å². The van der Waals surface area contributed by atoms with Crippen LogP contribution in [0.1, 0.15) is 194 Å². The Balaban J connectivity index is 3.35. The molecule has 0 saturated carbocycles. The van der Waals surface area contributed by atoms with Gasteiger partial charge in [-0.2, -0.15) is 8.42 Å². The Labute approximate surface area is 257 Å². The first-order chi connectivity index (χ1) is 20.1. The SMILES string of the molecule is CCCCCCCC/C=C/CCCCCCCCOS(=O)(=O)OCCCCCCCC/C=C/CCCCCCCC. The highest BCUT2D eigenvalue weighted by molar-refractivity contribution is 7.81. The van der Waals surface area contributed by atoms with Crippen LogP contribution in [-0.2, 0) is 18.8 Å². The summed E-state index contributed by atoms with van der Waals surface area (Å²) < 4.78 is 33.8. The number of hydrogen-bond acceptors (Lipinski definition) is 4. The van der Waals surface area contributed by atoms with Gasteiger partial charge in [0.2, 0.25) is 0 Å². The lowest BCUT2D eigenvalue weighted by atomic mass is 10.1. The third-order valence-corrected chi connectivity index (χ3v) is 8.68. The van der Waals surface area contributed by atoms with Crippen LogP contribution in [0.15, 0.2) is 24.3 Å². The van der Waals surface area contributed by atoms with Crippen molar-refractivity contribution in [3.05, 3.63) is 24.3 Å². The molecule has 0 N–H and O–H groups in total. The van der Waals surface area contributed by atoms with Crippen molar-refractivity contribution in [3.8, 4) is 0 Å². The molecule has 0 aromatic carbocycles. The zero-order valence-electron chi connectivity index (χ0n) is 27.6. The largest absolute Gasteiger partial charge is 0.399 e. The Morgan fingerprint density at radius 2 is 0.610 bits per heavy atom. The summed E-state index contributed by atoms with van der Waals surface area (Å²) >= 11 is 0. The van der Waals surface area contributed by atoms with Gasteiger partial charge in [-0.25, -0.2) is 8.37 Å². The van der Waals surface area contributed by atoms with Crippen LogP contribution in [0.5, 0.6) is 0 Å². The van der Waals surface area contributed by atoms with Crippen LogP contribution in [0.25, 0.3) is 0 Å². The van der Waals surface area contributed by atoms with E-state index in [0.717, 1.165) is 38.5 Å². The van der Waals surface area contributed by atoms with E-state index in [4.69, 9.17) is 8.37 Å². The lowest BCUT2D eigenvalue weighted by molar-refractivity contribution is 0.208. The molecule has 0 unspecified atom stereocenters. The third kappa shape index (κ3) is 35.5. The topological polar surface area (TPSA) is 52.6 Å². The fourth-order valence-corrected chi connectivity index (χ4v) is 5.77. The standard InChI is InChI=1S/C36H70O4S/c1-3-5-7-9-11-13-15-17-19-21-23-25-27-29-31-33-35-39-41(37,38)40-36-34-32-30-28-26-24-22-20-18-16-14-12-10-8-6-4-2/h17-20H,3-16,21-36H2,1-2H3/b19-17+,20-18+. The minimum atomic E-state index is -3.84. The molecule has 0 radical (unpaired) electrons. The summed E-state index contributed by atoms with van der Waals surface area (Å²) in [6.45, 7) is 5.00. The molecule has 4 nitrogen and oxygen atoms in total. The molecule has 0 aliphatic heterocycles. The molecule has 0 rings (SSSR count). The molecule has 0 spiro atoms. The highest BCUT2D eigenvalue weighted by atomic mass is 32.3. The van der Waals surface area contributed by atoms with Gasteiger partial charge in [0.05, 0.1) is 13.2 Å². The molecular weight excluding hydrogens is 528 g/mol. The van der Waals surface area contributed by atoms with E-state index in [-0.39, 0.29) is 13.2 Å². The van der Waals surface area contributed by atoms with Crippen molar-refractivity contribution in [2.45, 2.75) is 194 Å². The quantitative estimate of drug-likeness (QED) is 0.0546. The molecule has 5 heteroatoms. The lowest BCUT2D eigenvalue weighted by Gasteiger charge is -2.06. The van der Waals surface area contributed by atoms with Gasteiger partial charge in [-0.15, -0.1) is 0 Å². The number of hydrogen-bond donors (Lipinski definition) is 0. The van der Waals surface area contributed by atoms with Gasteiger partial charge >= 0.3 is 10.4 Å². The molecule has 0 saturated heterocycles. The van der Waals surface area contributed by atoms with Gasteiger partial charge in [-0.1, -0.05) is 154 Å². The first kappa shape index (κ1) is 40.4. The summed E-state index contributed by atoms with van der Waals surface area (Å²) in [4.78, 5) is 0. The number of allylic oxidation sites excluding steroid dienone is 4. The fourth-order valence-electron chi connectivity index (χ4n) is 5.06. The molecule has 244 valence electrons. The van der Waals surface area contributed by atoms with Crippen LogP contribution in [-0.4, -0.2) is 21.6 Å². The van der Waals surface area contributed by atoms with Crippen LogP contribution in [0.2, 0.25) is 0 Å². The van der Waals surface area contributed by atoms with Crippen molar-refractivity contribution in [2.24, 2.45) is 0 Å². The van der Waals surface area contributed by atoms with Gasteiger partial charge in [0.1, 0.15) is 0 Å². The molecule has 0 heterocycles. The molecule has 0 amide bonds. The smallest absolute Gasteiger partial charge is 0.248 e. The van der Waals surface area contributed by atoms with E-state index in [1.165, 1.54) is 141 Å². The van der Waals surface area contributed by atoms with Crippen molar-refractivity contribution >= 4 is 10.4 Å². The maximum atomic E-state index is 11.9. The Hall–Kier alpha value is -0.650. The van der Waals surface area contributed by atoms with E-state index in [2.05, 4.69) is 38.2 Å². The fraction of sp³-hybridized carbons (Fsp3) is 0.889. The van der Waals surface area contributed by atoms with Crippen molar-refractivity contribution < 1.29 is 16.8 Å². The first-order valence-corrected chi connectivity index (χ1v) is 19.3. The Bertz CT molecular complexity index is 606. The van der Waals surface area contributed by atoms with Crippen molar-refractivity contribution in [1.29, 1.82) is 0 Å². The lowest BCUT2D eigenvalue weighted by Crippen LogP contribution is -2.12. The molecule has 0 aromatic rings. The van der Waals surface area contributed by atoms with Gasteiger partial charge in [-0.3, -0.25) is 0 Å². The van der Waals surface area contributed by atoms with Gasteiger partial charge in [-0.05, 0) is 64.2 Å². The third-order valence-electron chi connectivity index (χ3n) is 7.77. The van der Waals surface area contributed by atoms with E-state index < -0.39 is 10.4 Å². The molecule has 0 fully saturated rings. The first-order valence-electron chi connectivity index (χ1n) is 18.0. The van der Waals surface area contributed by atoms with Crippen molar-refractivity contribution in [1.82, 2.24) is 0 Å². The molecule has 0 aliphatic rings.